The van der Waals surface area contributed by atoms with E-state index < -0.39 is 0 Å². The van der Waals surface area contributed by atoms with Crippen LogP contribution in [0.25, 0.3) is 9.40 Å². The molecule has 0 aliphatic rings. The SMILES string of the molecule is CCC(CCBr)NC(=O)c1cc2sccc2s1. The Morgan fingerprint density at radius 3 is 3.00 bits per heavy atom. The van der Waals surface area contributed by atoms with E-state index >= 15 is 0 Å². The molecule has 2 heterocycles. The molecule has 1 amide bonds. The largest absolute Gasteiger partial charge is 0.349 e. The first-order chi connectivity index (χ1) is 8.24. The van der Waals surface area contributed by atoms with Gasteiger partial charge in [0.2, 0.25) is 0 Å². The van der Waals surface area contributed by atoms with Crippen LogP contribution in [-0.4, -0.2) is 17.3 Å². The first kappa shape index (κ1) is 13.1. The number of halogens is 1. The normalized spacial score (nSPS) is 12.8. The van der Waals surface area contributed by atoms with Crippen molar-refractivity contribution in [2.75, 3.05) is 5.33 Å². The summed E-state index contributed by atoms with van der Waals surface area (Å²) >= 11 is 6.66. The number of amides is 1. The van der Waals surface area contributed by atoms with Crippen molar-refractivity contribution in [3.05, 3.63) is 22.4 Å². The summed E-state index contributed by atoms with van der Waals surface area (Å²) in [5.41, 5.74) is 0. The number of rotatable bonds is 5. The van der Waals surface area contributed by atoms with Gasteiger partial charge in [0.05, 0.1) is 4.88 Å². The molecule has 1 unspecified atom stereocenters. The van der Waals surface area contributed by atoms with Gasteiger partial charge in [0, 0.05) is 20.8 Å². The van der Waals surface area contributed by atoms with Crippen LogP contribution in [0.3, 0.4) is 0 Å². The van der Waals surface area contributed by atoms with Crippen molar-refractivity contribution in [3.63, 3.8) is 0 Å². The second kappa shape index (κ2) is 5.98. The Morgan fingerprint density at radius 2 is 2.35 bits per heavy atom. The van der Waals surface area contributed by atoms with Crippen LogP contribution in [0.15, 0.2) is 17.5 Å². The zero-order chi connectivity index (χ0) is 12.3. The average Bonchev–Trinajstić information content (AvgIpc) is 2.88. The molecule has 5 heteroatoms. The standard InChI is InChI=1S/C12H14BrNOS2/c1-2-8(3-5-13)14-12(15)11-7-10-9(17-11)4-6-16-10/h4,6-8H,2-3,5H2,1H3,(H,14,15). The maximum absolute atomic E-state index is 12.0. The molecule has 0 saturated heterocycles. The molecule has 2 rings (SSSR count). The van der Waals surface area contributed by atoms with Crippen molar-refractivity contribution in [1.82, 2.24) is 5.32 Å². The number of fused-ring (bicyclic) bond motifs is 1. The lowest BCUT2D eigenvalue weighted by Crippen LogP contribution is -2.34. The molecular weight excluding hydrogens is 318 g/mol. The van der Waals surface area contributed by atoms with E-state index in [9.17, 15) is 4.79 Å². The van der Waals surface area contributed by atoms with Crippen LogP contribution in [-0.2, 0) is 0 Å². The van der Waals surface area contributed by atoms with Crippen molar-refractivity contribution in [3.8, 4) is 0 Å². The summed E-state index contributed by atoms with van der Waals surface area (Å²) < 4.78 is 2.40. The van der Waals surface area contributed by atoms with Crippen molar-refractivity contribution in [2.45, 2.75) is 25.8 Å². The van der Waals surface area contributed by atoms with E-state index in [1.807, 2.05) is 6.07 Å². The summed E-state index contributed by atoms with van der Waals surface area (Å²) in [6, 6.07) is 4.32. The van der Waals surface area contributed by atoms with E-state index in [4.69, 9.17) is 0 Å². The molecule has 0 saturated carbocycles. The summed E-state index contributed by atoms with van der Waals surface area (Å²) in [7, 11) is 0. The lowest BCUT2D eigenvalue weighted by atomic mass is 10.2. The number of hydrogen-bond acceptors (Lipinski definition) is 3. The fourth-order valence-corrected chi connectivity index (χ4v) is 4.21. The molecular formula is C12H14BrNOS2. The van der Waals surface area contributed by atoms with E-state index in [0.29, 0.717) is 0 Å². The Morgan fingerprint density at radius 1 is 1.53 bits per heavy atom. The maximum Gasteiger partial charge on any atom is 0.261 e. The lowest BCUT2D eigenvalue weighted by Gasteiger charge is -2.14. The van der Waals surface area contributed by atoms with Crippen LogP contribution in [0, 0.1) is 0 Å². The molecule has 0 bridgehead atoms. The van der Waals surface area contributed by atoms with Gasteiger partial charge in [0.15, 0.2) is 0 Å². The van der Waals surface area contributed by atoms with Gasteiger partial charge in [-0.1, -0.05) is 22.9 Å². The van der Waals surface area contributed by atoms with Crippen LogP contribution in [0.1, 0.15) is 29.4 Å². The highest BCUT2D eigenvalue weighted by atomic mass is 79.9. The second-order valence-electron chi connectivity index (χ2n) is 3.82. The maximum atomic E-state index is 12.0. The van der Waals surface area contributed by atoms with Crippen molar-refractivity contribution in [1.29, 1.82) is 0 Å². The van der Waals surface area contributed by atoms with E-state index in [-0.39, 0.29) is 11.9 Å². The highest BCUT2D eigenvalue weighted by molar-refractivity contribution is 9.09. The lowest BCUT2D eigenvalue weighted by molar-refractivity contribution is 0.0939. The Kier molecular flexibility index (Phi) is 4.59. The predicted octanol–water partition coefficient (Wildman–Crippen LogP) is 4.26. The minimum absolute atomic E-state index is 0.0613. The van der Waals surface area contributed by atoms with Crippen LogP contribution < -0.4 is 5.32 Å². The Labute approximate surface area is 117 Å². The summed E-state index contributed by atoms with van der Waals surface area (Å²) in [4.78, 5) is 12.9. The number of hydrogen-bond donors (Lipinski definition) is 1. The number of carbonyl (C=O) groups excluding carboxylic acids is 1. The third-order valence-electron chi connectivity index (χ3n) is 2.65. The first-order valence-electron chi connectivity index (χ1n) is 5.58. The topological polar surface area (TPSA) is 29.1 Å². The minimum atomic E-state index is 0.0613. The number of alkyl halides is 1. The Bertz CT molecular complexity index is 477. The molecule has 0 aliphatic carbocycles. The van der Waals surface area contributed by atoms with Gasteiger partial charge in [0.25, 0.3) is 5.91 Å². The molecule has 2 nitrogen and oxygen atoms in total. The summed E-state index contributed by atoms with van der Waals surface area (Å²) in [6.45, 7) is 2.10. The van der Waals surface area contributed by atoms with Gasteiger partial charge in [-0.2, -0.15) is 0 Å². The summed E-state index contributed by atoms with van der Waals surface area (Å²) in [5.74, 6) is 0.0613. The molecule has 17 heavy (non-hydrogen) atoms. The first-order valence-corrected chi connectivity index (χ1v) is 8.40. The smallest absolute Gasteiger partial charge is 0.261 e. The van der Waals surface area contributed by atoms with Gasteiger partial charge in [-0.15, -0.1) is 22.7 Å². The van der Waals surface area contributed by atoms with Gasteiger partial charge in [-0.25, -0.2) is 0 Å². The van der Waals surface area contributed by atoms with Gasteiger partial charge in [0.1, 0.15) is 0 Å². The third-order valence-corrected chi connectivity index (χ3v) is 5.20. The summed E-state index contributed by atoms with van der Waals surface area (Å²) in [6.07, 6.45) is 1.94. The molecule has 0 aromatic carbocycles. The minimum Gasteiger partial charge on any atom is -0.349 e. The average molecular weight is 332 g/mol. The highest BCUT2D eigenvalue weighted by Gasteiger charge is 2.14. The monoisotopic (exact) mass is 331 g/mol. The van der Waals surface area contributed by atoms with Crippen LogP contribution in [0.2, 0.25) is 0 Å². The van der Waals surface area contributed by atoms with E-state index in [0.717, 1.165) is 23.0 Å². The van der Waals surface area contributed by atoms with Crippen LogP contribution in [0.5, 0.6) is 0 Å². The van der Waals surface area contributed by atoms with Crippen LogP contribution >= 0.6 is 38.6 Å². The second-order valence-corrected chi connectivity index (χ2v) is 6.64. The molecule has 92 valence electrons. The number of carbonyl (C=O) groups is 1. The molecule has 1 N–H and O–H groups in total. The fourth-order valence-electron chi connectivity index (χ4n) is 1.64. The van der Waals surface area contributed by atoms with Crippen molar-refractivity contribution < 1.29 is 4.79 Å². The Balaban J connectivity index is 2.06. The fraction of sp³-hybridized carbons (Fsp3) is 0.417. The molecule has 2 aromatic heterocycles. The summed E-state index contributed by atoms with van der Waals surface area (Å²) in [5, 5.41) is 6.06. The van der Waals surface area contributed by atoms with E-state index in [1.54, 1.807) is 22.7 Å². The zero-order valence-corrected chi connectivity index (χ0v) is 12.8. The zero-order valence-electron chi connectivity index (χ0n) is 9.53. The van der Waals surface area contributed by atoms with Crippen LogP contribution in [0.4, 0.5) is 0 Å². The van der Waals surface area contributed by atoms with Gasteiger partial charge in [-0.3, -0.25) is 4.79 Å². The molecule has 1 atom stereocenters. The Hall–Kier alpha value is -0.390. The predicted molar refractivity (Wildman–Crippen MR) is 79.7 cm³/mol. The van der Waals surface area contributed by atoms with Crippen molar-refractivity contribution >= 4 is 53.9 Å². The molecule has 0 radical (unpaired) electrons. The molecule has 0 fully saturated rings. The molecule has 0 aliphatic heterocycles. The van der Waals surface area contributed by atoms with E-state index in [1.165, 1.54) is 9.40 Å². The number of thiophene rings is 2. The number of nitrogens with one attached hydrogen (secondary N) is 1. The van der Waals surface area contributed by atoms with Gasteiger partial charge in [-0.05, 0) is 30.4 Å². The molecule has 0 spiro atoms. The van der Waals surface area contributed by atoms with E-state index in [2.05, 4.69) is 39.6 Å². The highest BCUT2D eigenvalue weighted by Crippen LogP contribution is 2.29. The quantitative estimate of drug-likeness (QED) is 0.815. The van der Waals surface area contributed by atoms with Crippen molar-refractivity contribution in [2.24, 2.45) is 0 Å². The third kappa shape index (κ3) is 3.09. The molecule has 2 aromatic rings. The van der Waals surface area contributed by atoms with Gasteiger partial charge >= 0.3 is 0 Å². The van der Waals surface area contributed by atoms with Gasteiger partial charge < -0.3 is 5.32 Å².